The highest BCUT2D eigenvalue weighted by atomic mass is 35.5. The summed E-state index contributed by atoms with van der Waals surface area (Å²) >= 11 is 5.71. The molecule has 1 rings (SSSR count). The Labute approximate surface area is 99.8 Å². The predicted octanol–water partition coefficient (Wildman–Crippen LogP) is 1.93. The number of rotatable bonds is 4. The molecule has 0 amide bonds. The number of pyridine rings is 1. The zero-order chi connectivity index (χ0) is 12.1. The Balaban J connectivity index is 2.73. The lowest BCUT2D eigenvalue weighted by Gasteiger charge is -2.17. The molecule has 0 aromatic carbocycles. The molecule has 0 bridgehead atoms. The second kappa shape index (κ2) is 5.82. The van der Waals surface area contributed by atoms with Gasteiger partial charge in [-0.15, -0.1) is 0 Å². The number of esters is 1. The lowest BCUT2D eigenvalue weighted by Crippen LogP contribution is -2.28. The zero-order valence-electron chi connectivity index (χ0n) is 9.31. The van der Waals surface area contributed by atoms with Crippen LogP contribution in [0.4, 0.5) is 0 Å². The van der Waals surface area contributed by atoms with Gasteiger partial charge in [0, 0.05) is 6.20 Å². The van der Waals surface area contributed by atoms with Crippen molar-refractivity contribution in [3.63, 3.8) is 0 Å². The van der Waals surface area contributed by atoms with Crippen LogP contribution in [0.25, 0.3) is 0 Å². The maximum Gasteiger partial charge on any atom is 0.310 e. The molecule has 0 spiro atoms. The van der Waals surface area contributed by atoms with Crippen LogP contribution in [0.5, 0.6) is 0 Å². The molecule has 4 nitrogen and oxygen atoms in total. The molecular weight excluding hydrogens is 228 g/mol. The maximum absolute atomic E-state index is 11.5. The molecule has 0 fully saturated rings. The normalized spacial score (nSPS) is 14.2. The van der Waals surface area contributed by atoms with Gasteiger partial charge in [-0.25, -0.2) is 0 Å². The first-order valence-corrected chi connectivity index (χ1v) is 5.47. The minimum atomic E-state index is -0.476. The van der Waals surface area contributed by atoms with Gasteiger partial charge in [0.25, 0.3) is 0 Å². The Hall–Kier alpha value is -1.13. The fourth-order valence-electron chi connectivity index (χ4n) is 1.26. The van der Waals surface area contributed by atoms with E-state index < -0.39 is 12.0 Å². The molecule has 2 unspecified atom stereocenters. The van der Waals surface area contributed by atoms with Crippen molar-refractivity contribution in [1.82, 2.24) is 4.98 Å². The monoisotopic (exact) mass is 242 g/mol. The number of carbonyl (C=O) groups excluding carboxylic acids is 1. The lowest BCUT2D eigenvalue weighted by molar-refractivity contribution is -0.148. The molecule has 1 aromatic heterocycles. The topological polar surface area (TPSA) is 65.2 Å². The molecule has 0 saturated heterocycles. The first-order valence-electron chi connectivity index (χ1n) is 5.10. The standard InChI is InChI=1S/C11H15ClN2O2/c1-3-16-11(15)7(2)10(13)9-5-4-8(12)6-14-9/h4-7,10H,3,13H2,1-2H3. The summed E-state index contributed by atoms with van der Waals surface area (Å²) in [7, 11) is 0. The van der Waals surface area contributed by atoms with Crippen molar-refractivity contribution in [3.8, 4) is 0 Å². The van der Waals surface area contributed by atoms with Gasteiger partial charge in [-0.1, -0.05) is 18.5 Å². The van der Waals surface area contributed by atoms with Crippen molar-refractivity contribution in [2.75, 3.05) is 6.61 Å². The van der Waals surface area contributed by atoms with E-state index in [-0.39, 0.29) is 5.97 Å². The van der Waals surface area contributed by atoms with Crippen molar-refractivity contribution >= 4 is 17.6 Å². The van der Waals surface area contributed by atoms with E-state index in [1.54, 1.807) is 26.0 Å². The largest absolute Gasteiger partial charge is 0.466 e. The summed E-state index contributed by atoms with van der Waals surface area (Å²) in [6, 6.07) is 2.93. The number of ether oxygens (including phenoxy) is 1. The Morgan fingerprint density at radius 2 is 2.31 bits per heavy atom. The van der Waals surface area contributed by atoms with Gasteiger partial charge in [0.05, 0.1) is 29.3 Å². The Morgan fingerprint density at radius 1 is 1.62 bits per heavy atom. The van der Waals surface area contributed by atoms with Crippen LogP contribution in [0.1, 0.15) is 25.6 Å². The molecular formula is C11H15ClN2O2. The van der Waals surface area contributed by atoms with Crippen LogP contribution in [0, 0.1) is 5.92 Å². The highest BCUT2D eigenvalue weighted by Gasteiger charge is 2.24. The van der Waals surface area contributed by atoms with E-state index in [0.29, 0.717) is 17.3 Å². The number of carbonyl (C=O) groups is 1. The van der Waals surface area contributed by atoms with Gasteiger partial charge in [0.15, 0.2) is 0 Å². The fourth-order valence-corrected chi connectivity index (χ4v) is 1.37. The number of halogens is 1. The molecule has 2 atom stereocenters. The summed E-state index contributed by atoms with van der Waals surface area (Å²) in [5.74, 6) is -0.736. The van der Waals surface area contributed by atoms with Gasteiger partial charge in [-0.3, -0.25) is 9.78 Å². The van der Waals surface area contributed by atoms with Crippen LogP contribution in [-0.2, 0) is 9.53 Å². The van der Waals surface area contributed by atoms with Gasteiger partial charge < -0.3 is 10.5 Å². The smallest absolute Gasteiger partial charge is 0.310 e. The molecule has 0 saturated carbocycles. The third-order valence-electron chi connectivity index (χ3n) is 2.29. The fraction of sp³-hybridized carbons (Fsp3) is 0.455. The maximum atomic E-state index is 11.5. The summed E-state index contributed by atoms with van der Waals surface area (Å²) < 4.78 is 4.90. The molecule has 5 heteroatoms. The number of aromatic nitrogens is 1. The zero-order valence-corrected chi connectivity index (χ0v) is 10.1. The van der Waals surface area contributed by atoms with Crippen LogP contribution < -0.4 is 5.73 Å². The first kappa shape index (κ1) is 12.9. The van der Waals surface area contributed by atoms with E-state index in [0.717, 1.165) is 0 Å². The SMILES string of the molecule is CCOC(=O)C(C)C(N)c1ccc(Cl)cn1. The Bertz CT molecular complexity index is 354. The van der Waals surface area contributed by atoms with Crippen molar-refractivity contribution in [2.45, 2.75) is 19.9 Å². The van der Waals surface area contributed by atoms with E-state index in [1.807, 2.05) is 0 Å². The molecule has 16 heavy (non-hydrogen) atoms. The Morgan fingerprint density at radius 3 is 2.81 bits per heavy atom. The third kappa shape index (κ3) is 3.18. The number of hydrogen-bond donors (Lipinski definition) is 1. The molecule has 0 aliphatic heterocycles. The van der Waals surface area contributed by atoms with Crippen LogP contribution in [-0.4, -0.2) is 17.6 Å². The van der Waals surface area contributed by atoms with Crippen molar-refractivity contribution in [1.29, 1.82) is 0 Å². The van der Waals surface area contributed by atoms with Crippen LogP contribution in [0.2, 0.25) is 5.02 Å². The predicted molar refractivity (Wildman–Crippen MR) is 62.0 cm³/mol. The van der Waals surface area contributed by atoms with Crippen molar-refractivity contribution in [3.05, 3.63) is 29.0 Å². The van der Waals surface area contributed by atoms with Crippen LogP contribution in [0.3, 0.4) is 0 Å². The average Bonchev–Trinajstić information content (AvgIpc) is 2.28. The van der Waals surface area contributed by atoms with E-state index in [9.17, 15) is 4.79 Å². The van der Waals surface area contributed by atoms with Crippen molar-refractivity contribution < 1.29 is 9.53 Å². The highest BCUT2D eigenvalue weighted by molar-refractivity contribution is 6.30. The lowest BCUT2D eigenvalue weighted by atomic mass is 9.99. The number of nitrogens with two attached hydrogens (primary N) is 1. The van der Waals surface area contributed by atoms with E-state index in [1.165, 1.54) is 6.20 Å². The molecule has 2 N–H and O–H groups in total. The Kier molecular flexibility index (Phi) is 4.71. The minimum absolute atomic E-state index is 0.313. The molecule has 0 aliphatic carbocycles. The van der Waals surface area contributed by atoms with E-state index in [4.69, 9.17) is 22.1 Å². The van der Waals surface area contributed by atoms with Gasteiger partial charge in [-0.2, -0.15) is 0 Å². The molecule has 1 aromatic rings. The van der Waals surface area contributed by atoms with Gasteiger partial charge in [-0.05, 0) is 19.1 Å². The van der Waals surface area contributed by atoms with E-state index >= 15 is 0 Å². The molecule has 88 valence electrons. The number of hydrogen-bond acceptors (Lipinski definition) is 4. The summed E-state index contributed by atoms with van der Waals surface area (Å²) in [5.41, 5.74) is 6.54. The second-order valence-electron chi connectivity index (χ2n) is 3.47. The highest BCUT2D eigenvalue weighted by Crippen LogP contribution is 2.19. The minimum Gasteiger partial charge on any atom is -0.466 e. The van der Waals surface area contributed by atoms with Crippen LogP contribution >= 0.6 is 11.6 Å². The van der Waals surface area contributed by atoms with Crippen LogP contribution in [0.15, 0.2) is 18.3 Å². The molecule has 0 radical (unpaired) electrons. The van der Waals surface area contributed by atoms with E-state index in [2.05, 4.69) is 4.98 Å². The average molecular weight is 243 g/mol. The molecule has 0 aliphatic rings. The quantitative estimate of drug-likeness (QED) is 0.820. The molecule has 1 heterocycles. The first-order chi connectivity index (χ1) is 7.56. The summed E-state index contributed by atoms with van der Waals surface area (Å²) in [6.07, 6.45) is 1.51. The van der Waals surface area contributed by atoms with Gasteiger partial charge in [0.2, 0.25) is 0 Å². The van der Waals surface area contributed by atoms with Gasteiger partial charge >= 0.3 is 5.97 Å². The third-order valence-corrected chi connectivity index (χ3v) is 2.51. The second-order valence-corrected chi connectivity index (χ2v) is 3.90. The van der Waals surface area contributed by atoms with Crippen molar-refractivity contribution in [2.24, 2.45) is 11.7 Å². The summed E-state index contributed by atoms with van der Waals surface area (Å²) in [4.78, 5) is 15.5. The van der Waals surface area contributed by atoms with Gasteiger partial charge in [0.1, 0.15) is 0 Å². The summed E-state index contributed by atoms with van der Waals surface area (Å²) in [6.45, 7) is 3.83. The number of nitrogens with zero attached hydrogens (tertiary/aromatic N) is 1. The summed E-state index contributed by atoms with van der Waals surface area (Å²) in [5, 5.41) is 0.541.